The van der Waals surface area contributed by atoms with E-state index >= 15 is 0 Å². The summed E-state index contributed by atoms with van der Waals surface area (Å²) in [6.45, 7) is 8.19. The maximum absolute atomic E-state index is 11.3. The van der Waals surface area contributed by atoms with E-state index in [-0.39, 0.29) is 16.1 Å². The maximum Gasteiger partial charge on any atom is 0.334 e. The molecule has 0 saturated carbocycles. The molecule has 0 aliphatic rings. The largest absolute Gasteiger partial charge is 0.360 e. The summed E-state index contributed by atoms with van der Waals surface area (Å²) in [6.07, 6.45) is 3.43. The highest BCUT2D eigenvalue weighted by Gasteiger charge is 2.29. The molecule has 0 aliphatic heterocycles. The summed E-state index contributed by atoms with van der Waals surface area (Å²) in [5.74, 6) is 0.506. The molecule has 0 aliphatic carbocycles. The van der Waals surface area contributed by atoms with Gasteiger partial charge in [-0.1, -0.05) is 26.7 Å². The molecule has 0 fully saturated rings. The molecule has 0 saturated heterocycles. The molecule has 6 heteroatoms. The second-order valence-corrected chi connectivity index (χ2v) is 5.53. The molecule has 0 unspecified atom stereocenters. The summed E-state index contributed by atoms with van der Waals surface area (Å²) in [4.78, 5) is 11.0. The van der Waals surface area contributed by atoms with Crippen LogP contribution in [0.3, 0.4) is 0 Å². The first-order chi connectivity index (χ1) is 8.82. The lowest BCUT2D eigenvalue weighted by Gasteiger charge is -2.26. The maximum atomic E-state index is 11.3. The van der Waals surface area contributed by atoms with Crippen molar-refractivity contribution in [2.45, 2.75) is 58.9 Å². The summed E-state index contributed by atoms with van der Waals surface area (Å²) in [5, 5.41) is 18.8. The zero-order valence-electron chi connectivity index (χ0n) is 12.5. The molecule has 1 N–H and O–H groups in total. The van der Waals surface area contributed by atoms with Gasteiger partial charge in [0.05, 0.1) is 4.92 Å². The van der Waals surface area contributed by atoms with Crippen LogP contribution in [-0.2, 0) is 13.5 Å². The number of hydrogen-bond acceptors (Lipinski definition) is 4. The average molecular weight is 268 g/mol. The van der Waals surface area contributed by atoms with Crippen LogP contribution in [0.15, 0.2) is 0 Å². The molecule has 0 radical (unpaired) electrons. The molecule has 108 valence electrons. The Morgan fingerprint density at radius 1 is 1.37 bits per heavy atom. The first-order valence-electron chi connectivity index (χ1n) is 6.80. The third kappa shape index (κ3) is 3.68. The van der Waals surface area contributed by atoms with E-state index in [0.717, 1.165) is 19.3 Å². The van der Waals surface area contributed by atoms with Crippen molar-refractivity contribution in [1.82, 2.24) is 9.78 Å². The first-order valence-corrected chi connectivity index (χ1v) is 6.80. The Labute approximate surface area is 114 Å². The van der Waals surface area contributed by atoms with Gasteiger partial charge < -0.3 is 5.32 Å². The van der Waals surface area contributed by atoms with Crippen LogP contribution in [0.4, 0.5) is 11.5 Å². The molecular formula is C13H24N4O2. The molecule has 19 heavy (non-hydrogen) atoms. The molecule has 6 nitrogen and oxygen atoms in total. The van der Waals surface area contributed by atoms with E-state index in [2.05, 4.69) is 17.3 Å². The highest BCUT2D eigenvalue weighted by atomic mass is 16.6. The number of nitrogens with zero attached hydrogens (tertiary/aromatic N) is 3. The summed E-state index contributed by atoms with van der Waals surface area (Å²) in [7, 11) is 1.75. The van der Waals surface area contributed by atoms with E-state index in [1.807, 2.05) is 20.8 Å². The van der Waals surface area contributed by atoms with Gasteiger partial charge in [-0.2, -0.15) is 5.10 Å². The molecule has 1 heterocycles. The zero-order chi connectivity index (χ0) is 14.6. The molecule has 1 aromatic heterocycles. The topological polar surface area (TPSA) is 73.0 Å². The molecule has 0 atom stereocenters. The second kappa shape index (κ2) is 6.04. The van der Waals surface area contributed by atoms with Crippen molar-refractivity contribution in [1.29, 1.82) is 0 Å². The SMILES string of the molecule is CCCc1nn(C)c(NC(C)(C)CCC)c1[N+](=O)[O-]. The van der Waals surface area contributed by atoms with Crippen LogP contribution >= 0.6 is 0 Å². The fourth-order valence-corrected chi connectivity index (χ4v) is 2.31. The van der Waals surface area contributed by atoms with Crippen molar-refractivity contribution in [2.24, 2.45) is 7.05 Å². The van der Waals surface area contributed by atoms with E-state index in [9.17, 15) is 10.1 Å². The van der Waals surface area contributed by atoms with Crippen LogP contribution in [0.1, 0.15) is 52.7 Å². The fourth-order valence-electron chi connectivity index (χ4n) is 2.31. The van der Waals surface area contributed by atoms with Gasteiger partial charge in [0, 0.05) is 12.6 Å². The third-order valence-corrected chi connectivity index (χ3v) is 3.09. The Morgan fingerprint density at radius 2 is 2.00 bits per heavy atom. The standard InChI is InChI=1S/C13H24N4O2/c1-6-8-10-11(17(18)19)12(16(5)15-10)14-13(3,4)9-7-2/h14H,6-9H2,1-5H3. The minimum absolute atomic E-state index is 0.119. The van der Waals surface area contributed by atoms with Crippen LogP contribution in [-0.4, -0.2) is 20.2 Å². The van der Waals surface area contributed by atoms with Gasteiger partial charge in [0.15, 0.2) is 0 Å². The Balaban J connectivity index is 3.15. The molecule has 0 spiro atoms. The Bertz CT molecular complexity index is 452. The van der Waals surface area contributed by atoms with Crippen molar-refractivity contribution in [2.75, 3.05) is 5.32 Å². The Hall–Kier alpha value is -1.59. The molecule has 0 aromatic carbocycles. The number of hydrogen-bond donors (Lipinski definition) is 1. The van der Waals surface area contributed by atoms with E-state index in [4.69, 9.17) is 0 Å². The van der Waals surface area contributed by atoms with Crippen LogP contribution in [0.2, 0.25) is 0 Å². The molecule has 0 bridgehead atoms. The number of anilines is 1. The molecule has 1 aromatic rings. The normalized spacial score (nSPS) is 11.6. The predicted octanol–water partition coefficient (Wildman–Crippen LogP) is 3.27. The van der Waals surface area contributed by atoms with E-state index in [1.54, 1.807) is 11.7 Å². The molecule has 0 amide bonds. The van der Waals surface area contributed by atoms with Gasteiger partial charge >= 0.3 is 5.69 Å². The number of rotatable bonds is 7. The Kier molecular flexibility index (Phi) is 4.91. The van der Waals surface area contributed by atoms with Crippen LogP contribution in [0.5, 0.6) is 0 Å². The summed E-state index contributed by atoms with van der Waals surface area (Å²) in [6, 6.07) is 0. The monoisotopic (exact) mass is 268 g/mol. The summed E-state index contributed by atoms with van der Waals surface area (Å²) in [5.41, 5.74) is 0.495. The number of nitrogens with one attached hydrogen (secondary N) is 1. The third-order valence-electron chi connectivity index (χ3n) is 3.09. The fraction of sp³-hybridized carbons (Fsp3) is 0.769. The van der Waals surface area contributed by atoms with Crippen molar-refractivity contribution in [3.05, 3.63) is 15.8 Å². The smallest absolute Gasteiger partial charge is 0.334 e. The van der Waals surface area contributed by atoms with Gasteiger partial charge in [-0.15, -0.1) is 0 Å². The predicted molar refractivity (Wildman–Crippen MR) is 76.5 cm³/mol. The minimum atomic E-state index is -0.331. The number of aryl methyl sites for hydroxylation is 2. The van der Waals surface area contributed by atoms with Crippen LogP contribution in [0.25, 0.3) is 0 Å². The van der Waals surface area contributed by atoms with Crippen LogP contribution < -0.4 is 5.32 Å². The van der Waals surface area contributed by atoms with Crippen molar-refractivity contribution in [3.63, 3.8) is 0 Å². The second-order valence-electron chi connectivity index (χ2n) is 5.53. The first kappa shape index (κ1) is 15.5. The summed E-state index contributed by atoms with van der Waals surface area (Å²) < 4.78 is 1.58. The minimum Gasteiger partial charge on any atom is -0.360 e. The van der Waals surface area contributed by atoms with E-state index in [1.165, 1.54) is 0 Å². The van der Waals surface area contributed by atoms with Gasteiger partial charge in [0.1, 0.15) is 5.69 Å². The highest BCUT2D eigenvalue weighted by molar-refractivity contribution is 5.60. The van der Waals surface area contributed by atoms with Gasteiger partial charge in [-0.05, 0) is 26.7 Å². The quantitative estimate of drug-likeness (QED) is 0.608. The van der Waals surface area contributed by atoms with Gasteiger partial charge in [0.25, 0.3) is 0 Å². The van der Waals surface area contributed by atoms with E-state index < -0.39 is 0 Å². The average Bonchev–Trinajstić information content (AvgIpc) is 2.55. The molecule has 1 rings (SSSR count). The van der Waals surface area contributed by atoms with Gasteiger partial charge in [0.2, 0.25) is 5.82 Å². The lowest BCUT2D eigenvalue weighted by atomic mass is 9.99. The Morgan fingerprint density at radius 3 is 2.47 bits per heavy atom. The number of nitro groups is 1. The lowest BCUT2D eigenvalue weighted by Crippen LogP contribution is -2.31. The van der Waals surface area contributed by atoms with Crippen molar-refractivity contribution < 1.29 is 4.92 Å². The lowest BCUT2D eigenvalue weighted by molar-refractivity contribution is -0.384. The van der Waals surface area contributed by atoms with Gasteiger partial charge in [-0.25, -0.2) is 4.68 Å². The summed E-state index contributed by atoms with van der Waals surface area (Å²) >= 11 is 0. The van der Waals surface area contributed by atoms with Crippen molar-refractivity contribution >= 4 is 11.5 Å². The number of aromatic nitrogens is 2. The highest BCUT2D eigenvalue weighted by Crippen LogP contribution is 2.32. The zero-order valence-corrected chi connectivity index (χ0v) is 12.5. The van der Waals surface area contributed by atoms with E-state index in [0.29, 0.717) is 17.9 Å². The van der Waals surface area contributed by atoms with Crippen molar-refractivity contribution in [3.8, 4) is 0 Å². The van der Waals surface area contributed by atoms with Gasteiger partial charge in [-0.3, -0.25) is 10.1 Å². The van der Waals surface area contributed by atoms with Crippen LogP contribution in [0, 0.1) is 10.1 Å². The molecular weight excluding hydrogens is 244 g/mol.